The molecule has 0 amide bonds. The molecule has 18 heavy (non-hydrogen) atoms. The molecule has 1 aromatic carbocycles. The number of rotatable bonds is 4. The molecule has 2 aromatic rings. The third-order valence-corrected chi connectivity index (χ3v) is 2.75. The topological polar surface area (TPSA) is 44.2 Å². The molecular formula is C12H10BrClN2O2. The van der Waals surface area contributed by atoms with Gasteiger partial charge in [0.15, 0.2) is 5.82 Å². The van der Waals surface area contributed by atoms with Crippen LogP contribution in [0.3, 0.4) is 0 Å². The van der Waals surface area contributed by atoms with Crippen molar-refractivity contribution in [3.63, 3.8) is 0 Å². The Morgan fingerprint density at radius 3 is 2.61 bits per heavy atom. The Bertz CT molecular complexity index is 534. The highest BCUT2D eigenvalue weighted by molar-refractivity contribution is 9.10. The van der Waals surface area contributed by atoms with E-state index in [1.165, 1.54) is 0 Å². The average Bonchev–Trinajstić information content (AvgIpc) is 2.32. The summed E-state index contributed by atoms with van der Waals surface area (Å²) in [5, 5.41) is 0.323. The molecule has 0 spiro atoms. The van der Waals surface area contributed by atoms with Crippen LogP contribution in [0.5, 0.6) is 11.6 Å². The van der Waals surface area contributed by atoms with E-state index in [4.69, 9.17) is 21.1 Å². The van der Waals surface area contributed by atoms with Crippen molar-refractivity contribution in [2.75, 3.05) is 7.11 Å². The fourth-order valence-electron chi connectivity index (χ4n) is 1.31. The molecule has 1 aromatic heterocycles. The summed E-state index contributed by atoms with van der Waals surface area (Å²) in [6.07, 6.45) is 0. The molecule has 2 rings (SSSR count). The number of aromatic nitrogens is 2. The fourth-order valence-corrected chi connectivity index (χ4v) is 1.77. The maximum Gasteiger partial charge on any atom is 0.224 e. The van der Waals surface area contributed by atoms with Crippen LogP contribution in [-0.2, 0) is 11.3 Å². The van der Waals surface area contributed by atoms with Crippen LogP contribution in [0.25, 0.3) is 0 Å². The highest BCUT2D eigenvalue weighted by Gasteiger charge is 2.05. The predicted octanol–water partition coefficient (Wildman–Crippen LogP) is 3.83. The Morgan fingerprint density at radius 1 is 1.22 bits per heavy atom. The monoisotopic (exact) mass is 328 g/mol. The number of methoxy groups -OCH3 is 1. The summed E-state index contributed by atoms with van der Waals surface area (Å²) >= 11 is 9.24. The van der Waals surface area contributed by atoms with Gasteiger partial charge in [-0.25, -0.2) is 4.98 Å². The van der Waals surface area contributed by atoms with Gasteiger partial charge < -0.3 is 9.47 Å². The van der Waals surface area contributed by atoms with Crippen molar-refractivity contribution >= 4 is 27.5 Å². The predicted molar refractivity (Wildman–Crippen MR) is 72.0 cm³/mol. The Hall–Kier alpha value is -1.17. The lowest BCUT2D eigenvalue weighted by Crippen LogP contribution is -1.99. The molecule has 0 N–H and O–H groups in total. The van der Waals surface area contributed by atoms with Gasteiger partial charge in [0.25, 0.3) is 0 Å². The first kappa shape index (κ1) is 13.3. The zero-order valence-electron chi connectivity index (χ0n) is 9.56. The van der Waals surface area contributed by atoms with E-state index < -0.39 is 0 Å². The van der Waals surface area contributed by atoms with E-state index in [9.17, 15) is 0 Å². The van der Waals surface area contributed by atoms with Gasteiger partial charge in [-0.1, -0.05) is 27.5 Å². The van der Waals surface area contributed by atoms with Crippen molar-refractivity contribution in [2.45, 2.75) is 6.61 Å². The van der Waals surface area contributed by atoms with Crippen LogP contribution in [0.2, 0.25) is 5.15 Å². The lowest BCUT2D eigenvalue weighted by molar-refractivity contribution is 0.177. The Morgan fingerprint density at radius 2 is 1.94 bits per heavy atom. The molecule has 0 bridgehead atoms. The van der Waals surface area contributed by atoms with Crippen LogP contribution in [0.4, 0.5) is 0 Å². The molecule has 0 saturated heterocycles. The van der Waals surface area contributed by atoms with Gasteiger partial charge in [-0.05, 0) is 24.3 Å². The van der Waals surface area contributed by atoms with Crippen molar-refractivity contribution in [1.82, 2.24) is 9.97 Å². The lowest BCUT2D eigenvalue weighted by Gasteiger charge is -2.06. The van der Waals surface area contributed by atoms with Gasteiger partial charge in [0.05, 0.1) is 0 Å². The fraction of sp³-hybridized carbons (Fsp3) is 0.167. The van der Waals surface area contributed by atoms with Crippen molar-refractivity contribution < 1.29 is 9.47 Å². The second-order valence-electron chi connectivity index (χ2n) is 3.43. The van der Waals surface area contributed by atoms with E-state index in [1.807, 2.05) is 24.3 Å². The van der Waals surface area contributed by atoms with E-state index in [-0.39, 0.29) is 6.61 Å². The quantitative estimate of drug-likeness (QED) is 0.800. The SMILES string of the molecule is COCc1nc(Cl)cc(Oc2ccc(Br)cc2)n1. The van der Waals surface area contributed by atoms with Crippen LogP contribution in [0.1, 0.15) is 5.82 Å². The van der Waals surface area contributed by atoms with E-state index in [2.05, 4.69) is 25.9 Å². The normalized spacial score (nSPS) is 10.4. The molecule has 0 aliphatic heterocycles. The van der Waals surface area contributed by atoms with E-state index in [0.29, 0.717) is 22.6 Å². The molecule has 0 atom stereocenters. The molecule has 0 aliphatic rings. The lowest BCUT2D eigenvalue weighted by atomic mass is 10.3. The highest BCUT2D eigenvalue weighted by atomic mass is 79.9. The first-order chi connectivity index (χ1) is 8.67. The summed E-state index contributed by atoms with van der Waals surface area (Å²) in [7, 11) is 1.57. The molecule has 4 nitrogen and oxygen atoms in total. The highest BCUT2D eigenvalue weighted by Crippen LogP contribution is 2.23. The minimum absolute atomic E-state index is 0.289. The summed E-state index contributed by atoms with van der Waals surface area (Å²) < 4.78 is 11.5. The Kier molecular flexibility index (Phi) is 4.52. The zero-order valence-corrected chi connectivity index (χ0v) is 11.9. The molecule has 6 heteroatoms. The standard InChI is InChI=1S/C12H10BrClN2O2/c1-17-7-11-15-10(14)6-12(16-11)18-9-4-2-8(13)3-5-9/h2-6H,7H2,1H3. The van der Waals surface area contributed by atoms with Crippen LogP contribution in [0, 0.1) is 0 Å². The number of benzene rings is 1. The molecule has 94 valence electrons. The molecule has 0 unspecified atom stereocenters. The summed E-state index contributed by atoms with van der Waals surface area (Å²) in [5.74, 6) is 1.55. The van der Waals surface area contributed by atoms with E-state index in [0.717, 1.165) is 4.47 Å². The minimum Gasteiger partial charge on any atom is -0.439 e. The first-order valence-corrected chi connectivity index (χ1v) is 6.30. The van der Waals surface area contributed by atoms with Crippen molar-refractivity contribution in [1.29, 1.82) is 0 Å². The zero-order chi connectivity index (χ0) is 13.0. The van der Waals surface area contributed by atoms with Gasteiger partial charge in [0.2, 0.25) is 5.88 Å². The first-order valence-electron chi connectivity index (χ1n) is 5.13. The maximum absolute atomic E-state index is 5.88. The third-order valence-electron chi connectivity index (χ3n) is 2.03. The molecule has 0 saturated carbocycles. The molecule has 0 aliphatic carbocycles. The van der Waals surface area contributed by atoms with Gasteiger partial charge >= 0.3 is 0 Å². The van der Waals surface area contributed by atoms with Crippen LogP contribution in [-0.4, -0.2) is 17.1 Å². The van der Waals surface area contributed by atoms with Gasteiger partial charge in [-0.15, -0.1) is 0 Å². The van der Waals surface area contributed by atoms with Crippen LogP contribution >= 0.6 is 27.5 Å². The number of ether oxygens (including phenoxy) is 2. The molecule has 0 radical (unpaired) electrons. The van der Waals surface area contributed by atoms with Gasteiger partial charge in [-0.3, -0.25) is 0 Å². The second kappa shape index (κ2) is 6.13. The number of halogens is 2. The van der Waals surface area contributed by atoms with Crippen molar-refractivity contribution in [3.05, 3.63) is 45.8 Å². The largest absolute Gasteiger partial charge is 0.439 e. The number of hydrogen-bond donors (Lipinski definition) is 0. The molecule has 0 fully saturated rings. The van der Waals surface area contributed by atoms with Crippen LogP contribution < -0.4 is 4.74 Å². The van der Waals surface area contributed by atoms with Crippen molar-refractivity contribution in [2.24, 2.45) is 0 Å². The summed E-state index contributed by atoms with van der Waals surface area (Å²) in [6, 6.07) is 8.98. The van der Waals surface area contributed by atoms with Gasteiger partial charge in [0.1, 0.15) is 17.5 Å². The third kappa shape index (κ3) is 3.66. The summed E-state index contributed by atoms with van der Waals surface area (Å²) in [6.45, 7) is 0.289. The number of nitrogens with zero attached hydrogens (tertiary/aromatic N) is 2. The van der Waals surface area contributed by atoms with Crippen LogP contribution in [0.15, 0.2) is 34.8 Å². The second-order valence-corrected chi connectivity index (χ2v) is 4.74. The Labute approximate surface area is 118 Å². The van der Waals surface area contributed by atoms with E-state index in [1.54, 1.807) is 13.2 Å². The maximum atomic E-state index is 5.88. The Balaban J connectivity index is 2.20. The smallest absolute Gasteiger partial charge is 0.224 e. The average molecular weight is 330 g/mol. The van der Waals surface area contributed by atoms with E-state index >= 15 is 0 Å². The van der Waals surface area contributed by atoms with Crippen molar-refractivity contribution in [3.8, 4) is 11.6 Å². The molecular weight excluding hydrogens is 320 g/mol. The summed E-state index contributed by atoms with van der Waals surface area (Å²) in [4.78, 5) is 8.21. The summed E-state index contributed by atoms with van der Waals surface area (Å²) in [5.41, 5.74) is 0. The van der Waals surface area contributed by atoms with Gasteiger partial charge in [-0.2, -0.15) is 4.98 Å². The minimum atomic E-state index is 0.289. The molecule has 1 heterocycles. The van der Waals surface area contributed by atoms with Gasteiger partial charge in [0, 0.05) is 17.6 Å². The number of hydrogen-bond acceptors (Lipinski definition) is 4.